The van der Waals surface area contributed by atoms with E-state index in [1.54, 1.807) is 24.3 Å². The SMILES string of the molecule is CC(=O)c1cccc(NC(=O)N(c2nc(-c3cccc(C(F)(F)F)c3)ccc2N)C2CCC2)c1. The number of aromatic nitrogens is 1. The Bertz CT molecular complexity index is 1240. The summed E-state index contributed by atoms with van der Waals surface area (Å²) in [7, 11) is 0. The molecule has 3 aromatic rings. The highest BCUT2D eigenvalue weighted by Crippen LogP contribution is 2.36. The van der Waals surface area contributed by atoms with Gasteiger partial charge in [-0.3, -0.25) is 9.69 Å². The van der Waals surface area contributed by atoms with E-state index >= 15 is 0 Å². The first-order valence-electron chi connectivity index (χ1n) is 10.8. The van der Waals surface area contributed by atoms with Gasteiger partial charge in [-0.15, -0.1) is 0 Å². The fraction of sp³-hybridized carbons (Fsp3) is 0.240. The van der Waals surface area contributed by atoms with E-state index in [4.69, 9.17) is 5.73 Å². The van der Waals surface area contributed by atoms with Crippen LogP contribution in [-0.2, 0) is 6.18 Å². The number of benzene rings is 2. The van der Waals surface area contributed by atoms with Crippen molar-refractivity contribution >= 4 is 29.0 Å². The monoisotopic (exact) mass is 468 g/mol. The van der Waals surface area contributed by atoms with Crippen molar-refractivity contribution in [2.45, 2.75) is 38.4 Å². The predicted molar refractivity (Wildman–Crippen MR) is 125 cm³/mol. The molecule has 1 aromatic heterocycles. The van der Waals surface area contributed by atoms with Crippen molar-refractivity contribution < 1.29 is 22.8 Å². The van der Waals surface area contributed by atoms with Crippen molar-refractivity contribution in [3.63, 3.8) is 0 Å². The smallest absolute Gasteiger partial charge is 0.396 e. The standard InChI is InChI=1S/C25H23F3N4O2/c1-15(33)16-5-3-8-19(14-16)30-24(34)32(20-9-4-10-20)23-21(29)11-12-22(31-23)17-6-2-7-18(13-17)25(26,27)28/h2-3,5-8,11-14,20H,4,9-10,29H2,1H3,(H,30,34). The first-order chi connectivity index (χ1) is 16.1. The molecule has 1 aliphatic carbocycles. The Labute approximate surface area is 194 Å². The van der Waals surface area contributed by atoms with Crippen LogP contribution in [0.1, 0.15) is 42.1 Å². The summed E-state index contributed by atoms with van der Waals surface area (Å²) >= 11 is 0. The molecule has 0 aliphatic heterocycles. The first-order valence-corrected chi connectivity index (χ1v) is 10.8. The Morgan fingerprint density at radius 3 is 2.44 bits per heavy atom. The van der Waals surface area contributed by atoms with E-state index in [9.17, 15) is 22.8 Å². The lowest BCUT2D eigenvalue weighted by Crippen LogP contribution is -2.47. The van der Waals surface area contributed by atoms with Gasteiger partial charge in [0.2, 0.25) is 0 Å². The summed E-state index contributed by atoms with van der Waals surface area (Å²) in [6.45, 7) is 1.44. The number of ketones is 1. The Hall–Kier alpha value is -3.88. The third-order valence-corrected chi connectivity index (χ3v) is 5.80. The molecule has 0 spiro atoms. The van der Waals surface area contributed by atoms with Crippen molar-refractivity contribution in [3.8, 4) is 11.3 Å². The number of urea groups is 1. The van der Waals surface area contributed by atoms with Gasteiger partial charge in [-0.25, -0.2) is 9.78 Å². The number of Topliss-reactive ketones (excluding diaryl/α,β-unsaturated/α-hetero) is 1. The number of nitrogens with zero attached hydrogens (tertiary/aromatic N) is 2. The maximum Gasteiger partial charge on any atom is 0.416 e. The highest BCUT2D eigenvalue weighted by atomic mass is 19.4. The molecule has 9 heteroatoms. The zero-order valence-electron chi connectivity index (χ0n) is 18.4. The molecule has 2 aromatic carbocycles. The maximum atomic E-state index is 13.3. The van der Waals surface area contributed by atoms with E-state index in [1.165, 1.54) is 36.1 Å². The minimum Gasteiger partial charge on any atom is -0.396 e. The highest BCUT2D eigenvalue weighted by molar-refractivity contribution is 6.04. The topological polar surface area (TPSA) is 88.3 Å². The van der Waals surface area contributed by atoms with Crippen molar-refractivity contribution in [1.82, 2.24) is 4.98 Å². The number of nitrogen functional groups attached to an aromatic ring is 1. The highest BCUT2D eigenvalue weighted by Gasteiger charge is 2.33. The zero-order valence-corrected chi connectivity index (χ0v) is 18.4. The second-order valence-corrected chi connectivity index (χ2v) is 8.21. The number of carbonyl (C=O) groups excluding carboxylic acids is 2. The second kappa shape index (κ2) is 9.17. The first kappa shape index (κ1) is 23.3. The molecule has 0 unspecified atom stereocenters. The molecule has 1 aliphatic rings. The third kappa shape index (κ3) is 4.88. The van der Waals surface area contributed by atoms with Crippen LogP contribution in [0.4, 0.5) is 35.2 Å². The quantitative estimate of drug-likeness (QED) is 0.440. The number of amides is 2. The summed E-state index contributed by atoms with van der Waals surface area (Å²) < 4.78 is 39.5. The summed E-state index contributed by atoms with van der Waals surface area (Å²) in [4.78, 5) is 30.9. The summed E-state index contributed by atoms with van der Waals surface area (Å²) in [5.41, 5.74) is 7.04. The summed E-state index contributed by atoms with van der Waals surface area (Å²) in [5.74, 6) is 0.0477. The fourth-order valence-electron chi connectivity index (χ4n) is 3.75. The number of nitrogens with one attached hydrogen (secondary N) is 1. The molecule has 2 amide bonds. The Kier molecular flexibility index (Phi) is 6.28. The molecule has 6 nitrogen and oxygen atoms in total. The Morgan fingerprint density at radius 2 is 1.79 bits per heavy atom. The van der Waals surface area contributed by atoms with E-state index in [0.29, 0.717) is 11.3 Å². The van der Waals surface area contributed by atoms with E-state index in [1.807, 2.05) is 0 Å². The number of carbonyl (C=O) groups is 2. The van der Waals surface area contributed by atoms with Crippen LogP contribution in [0.5, 0.6) is 0 Å². The normalized spacial score (nSPS) is 13.8. The van der Waals surface area contributed by atoms with Gasteiger partial charge in [-0.05, 0) is 62.6 Å². The molecular formula is C25H23F3N4O2. The number of alkyl halides is 3. The molecule has 1 saturated carbocycles. The van der Waals surface area contributed by atoms with Crippen molar-refractivity contribution in [1.29, 1.82) is 0 Å². The van der Waals surface area contributed by atoms with Crippen LogP contribution in [-0.4, -0.2) is 22.8 Å². The number of pyridine rings is 1. The number of rotatable bonds is 5. The molecule has 0 atom stereocenters. The van der Waals surface area contributed by atoms with Gasteiger partial charge < -0.3 is 11.1 Å². The molecular weight excluding hydrogens is 445 g/mol. The van der Waals surface area contributed by atoms with Crippen LogP contribution in [0.2, 0.25) is 0 Å². The van der Waals surface area contributed by atoms with Gasteiger partial charge in [0.05, 0.1) is 16.9 Å². The van der Waals surface area contributed by atoms with E-state index in [2.05, 4.69) is 10.3 Å². The van der Waals surface area contributed by atoms with Gasteiger partial charge in [0, 0.05) is 22.9 Å². The molecule has 1 heterocycles. The number of nitrogens with two attached hydrogens (primary N) is 1. The van der Waals surface area contributed by atoms with Crippen LogP contribution in [0.3, 0.4) is 0 Å². The van der Waals surface area contributed by atoms with E-state index in [0.717, 1.165) is 31.4 Å². The van der Waals surface area contributed by atoms with Gasteiger partial charge in [0.15, 0.2) is 11.6 Å². The van der Waals surface area contributed by atoms with Crippen molar-refractivity contribution in [2.75, 3.05) is 16.0 Å². The number of hydrogen-bond donors (Lipinski definition) is 2. The lowest BCUT2D eigenvalue weighted by atomic mass is 9.91. The molecule has 1 fully saturated rings. The molecule has 3 N–H and O–H groups in total. The third-order valence-electron chi connectivity index (χ3n) is 5.80. The molecule has 4 rings (SSSR count). The van der Waals surface area contributed by atoms with Gasteiger partial charge in [-0.1, -0.05) is 24.3 Å². The van der Waals surface area contributed by atoms with E-state index in [-0.39, 0.29) is 34.6 Å². The van der Waals surface area contributed by atoms with E-state index < -0.39 is 17.8 Å². The van der Waals surface area contributed by atoms with Gasteiger partial charge in [0.1, 0.15) is 0 Å². The lowest BCUT2D eigenvalue weighted by Gasteiger charge is -2.37. The second-order valence-electron chi connectivity index (χ2n) is 8.21. The lowest BCUT2D eigenvalue weighted by molar-refractivity contribution is -0.137. The minimum absolute atomic E-state index is 0.133. The zero-order chi connectivity index (χ0) is 24.5. The molecule has 0 radical (unpaired) electrons. The van der Waals surface area contributed by atoms with Crippen LogP contribution in [0, 0.1) is 0 Å². The Balaban J connectivity index is 1.69. The van der Waals surface area contributed by atoms with Gasteiger partial charge in [0.25, 0.3) is 0 Å². The molecule has 34 heavy (non-hydrogen) atoms. The van der Waals surface area contributed by atoms with Crippen molar-refractivity contribution in [2.24, 2.45) is 0 Å². The average molecular weight is 468 g/mol. The largest absolute Gasteiger partial charge is 0.416 e. The van der Waals surface area contributed by atoms with Crippen LogP contribution in [0.25, 0.3) is 11.3 Å². The summed E-state index contributed by atoms with van der Waals surface area (Å²) in [6, 6.07) is 13.8. The van der Waals surface area contributed by atoms with Crippen LogP contribution in [0.15, 0.2) is 60.7 Å². The number of anilines is 3. The average Bonchev–Trinajstić information content (AvgIpc) is 2.76. The summed E-state index contributed by atoms with van der Waals surface area (Å²) in [6.07, 6.45) is -2.06. The van der Waals surface area contributed by atoms with Crippen molar-refractivity contribution in [3.05, 3.63) is 71.8 Å². The molecule has 176 valence electrons. The predicted octanol–water partition coefficient (Wildman–Crippen LogP) is 6.14. The molecule has 0 saturated heterocycles. The molecule has 0 bridgehead atoms. The Morgan fingerprint density at radius 1 is 1.06 bits per heavy atom. The fourth-order valence-corrected chi connectivity index (χ4v) is 3.75. The van der Waals surface area contributed by atoms with Crippen LogP contribution >= 0.6 is 0 Å². The van der Waals surface area contributed by atoms with Gasteiger partial charge >= 0.3 is 12.2 Å². The maximum absolute atomic E-state index is 13.3. The van der Waals surface area contributed by atoms with Crippen LogP contribution < -0.4 is 16.0 Å². The number of hydrogen-bond acceptors (Lipinski definition) is 4. The number of halogens is 3. The van der Waals surface area contributed by atoms with Gasteiger partial charge in [-0.2, -0.15) is 13.2 Å². The minimum atomic E-state index is -4.49. The summed E-state index contributed by atoms with van der Waals surface area (Å²) in [5, 5.41) is 2.79.